The van der Waals surface area contributed by atoms with Crippen LogP contribution in [0.1, 0.15) is 21.7 Å². The lowest BCUT2D eigenvalue weighted by molar-refractivity contribution is 0.0686. The molecule has 4 heteroatoms. The molecule has 3 N–H and O–H groups in total. The fraction of sp³-hybridized carbons (Fsp3) is 0.300. The van der Waals surface area contributed by atoms with E-state index in [2.05, 4.69) is 0 Å². The number of aromatic nitrogens is 1. The highest BCUT2D eigenvalue weighted by Gasteiger charge is 2.19. The minimum atomic E-state index is -0.899. The summed E-state index contributed by atoms with van der Waals surface area (Å²) in [6.45, 7) is 0. The molecule has 1 atom stereocenters. The first kappa shape index (κ1) is 9.02. The van der Waals surface area contributed by atoms with Gasteiger partial charge >= 0.3 is 5.97 Å². The number of nitrogens with two attached hydrogens (primary N) is 1. The van der Waals surface area contributed by atoms with E-state index in [-0.39, 0.29) is 6.04 Å². The Morgan fingerprint density at radius 2 is 2.43 bits per heavy atom. The van der Waals surface area contributed by atoms with Crippen molar-refractivity contribution in [1.82, 2.24) is 4.57 Å². The van der Waals surface area contributed by atoms with Crippen molar-refractivity contribution in [3.05, 3.63) is 29.1 Å². The molecule has 0 saturated carbocycles. The second-order valence-electron chi connectivity index (χ2n) is 3.52. The maximum absolute atomic E-state index is 10.8. The number of aromatic carboxylic acids is 1. The normalized spacial score (nSPS) is 19.4. The van der Waals surface area contributed by atoms with E-state index >= 15 is 0 Å². The molecule has 1 aromatic rings. The molecule has 0 radical (unpaired) electrons. The van der Waals surface area contributed by atoms with Crippen molar-refractivity contribution in [2.45, 2.75) is 12.5 Å². The van der Waals surface area contributed by atoms with Gasteiger partial charge in [-0.1, -0.05) is 12.2 Å². The van der Waals surface area contributed by atoms with Crippen LogP contribution in [0.2, 0.25) is 0 Å². The SMILES string of the molecule is Cn1c(C(=O)O)cc2c1CC(N)C=C2. The zero-order valence-electron chi connectivity index (χ0n) is 7.90. The number of hydrogen-bond acceptors (Lipinski definition) is 2. The van der Waals surface area contributed by atoms with Crippen LogP contribution in [0.4, 0.5) is 0 Å². The number of hydrogen-bond donors (Lipinski definition) is 2. The molecule has 1 aromatic heterocycles. The zero-order valence-corrected chi connectivity index (χ0v) is 7.90. The van der Waals surface area contributed by atoms with Crippen molar-refractivity contribution in [3.8, 4) is 0 Å². The van der Waals surface area contributed by atoms with Gasteiger partial charge in [0.15, 0.2) is 0 Å². The number of carbonyl (C=O) groups is 1. The summed E-state index contributed by atoms with van der Waals surface area (Å²) in [6.07, 6.45) is 4.49. The van der Waals surface area contributed by atoms with Gasteiger partial charge in [0.1, 0.15) is 5.69 Å². The Balaban J connectivity index is 2.53. The Kier molecular flexibility index (Phi) is 1.93. The fourth-order valence-corrected chi connectivity index (χ4v) is 1.79. The summed E-state index contributed by atoms with van der Waals surface area (Å²) in [4.78, 5) is 10.8. The third-order valence-corrected chi connectivity index (χ3v) is 2.56. The second-order valence-corrected chi connectivity index (χ2v) is 3.52. The summed E-state index contributed by atoms with van der Waals surface area (Å²) in [5, 5.41) is 8.90. The largest absolute Gasteiger partial charge is 0.477 e. The minimum absolute atomic E-state index is 0.00209. The van der Waals surface area contributed by atoms with Gasteiger partial charge in [-0.05, 0) is 11.6 Å². The molecule has 0 saturated heterocycles. The van der Waals surface area contributed by atoms with E-state index < -0.39 is 5.97 Å². The average Bonchev–Trinajstić information content (AvgIpc) is 2.44. The summed E-state index contributed by atoms with van der Waals surface area (Å²) in [5.74, 6) is -0.899. The standard InChI is InChI=1S/C10H12N2O2/c1-12-8-5-7(11)3-2-6(8)4-9(12)10(13)14/h2-4,7H,5,11H2,1H3,(H,13,14). The first-order valence-corrected chi connectivity index (χ1v) is 4.45. The topological polar surface area (TPSA) is 68.2 Å². The third kappa shape index (κ3) is 1.24. The molecule has 2 rings (SSSR count). The van der Waals surface area contributed by atoms with Crippen LogP contribution in [-0.2, 0) is 13.5 Å². The van der Waals surface area contributed by atoms with E-state index in [9.17, 15) is 4.79 Å². The summed E-state index contributed by atoms with van der Waals surface area (Å²) >= 11 is 0. The van der Waals surface area contributed by atoms with Crippen LogP contribution in [-0.4, -0.2) is 21.7 Å². The second kappa shape index (κ2) is 2.99. The summed E-state index contributed by atoms with van der Waals surface area (Å²) in [6, 6.07) is 1.68. The molecule has 14 heavy (non-hydrogen) atoms. The van der Waals surface area contributed by atoms with Gasteiger partial charge in [-0.2, -0.15) is 0 Å². The molecule has 0 bridgehead atoms. The van der Waals surface area contributed by atoms with Crippen LogP contribution < -0.4 is 5.73 Å². The number of carboxylic acid groups (broad SMARTS) is 1. The number of fused-ring (bicyclic) bond motifs is 1. The van der Waals surface area contributed by atoms with Crippen LogP contribution >= 0.6 is 0 Å². The molecule has 4 nitrogen and oxygen atoms in total. The van der Waals surface area contributed by atoms with Crippen LogP contribution in [0.3, 0.4) is 0 Å². The highest BCUT2D eigenvalue weighted by atomic mass is 16.4. The minimum Gasteiger partial charge on any atom is -0.477 e. The van der Waals surface area contributed by atoms with E-state index in [1.54, 1.807) is 17.7 Å². The predicted octanol–water partition coefficient (Wildman–Crippen LogP) is 0.620. The average molecular weight is 192 g/mol. The van der Waals surface area contributed by atoms with Crippen LogP contribution in [0.5, 0.6) is 0 Å². The highest BCUT2D eigenvalue weighted by Crippen LogP contribution is 2.22. The van der Waals surface area contributed by atoms with Gasteiger partial charge in [0, 0.05) is 25.2 Å². The smallest absolute Gasteiger partial charge is 0.352 e. The Hall–Kier alpha value is -1.55. The van der Waals surface area contributed by atoms with Gasteiger partial charge in [-0.15, -0.1) is 0 Å². The van der Waals surface area contributed by atoms with Crippen LogP contribution in [0, 0.1) is 0 Å². The Morgan fingerprint density at radius 3 is 3.07 bits per heavy atom. The molecule has 0 aromatic carbocycles. The maximum atomic E-state index is 10.8. The molecule has 0 amide bonds. The zero-order chi connectivity index (χ0) is 10.3. The van der Waals surface area contributed by atoms with Gasteiger partial charge in [0.25, 0.3) is 0 Å². The van der Waals surface area contributed by atoms with Gasteiger partial charge in [0.2, 0.25) is 0 Å². The molecule has 74 valence electrons. The molecule has 1 unspecified atom stereocenters. The summed E-state index contributed by atoms with van der Waals surface area (Å²) in [7, 11) is 1.76. The van der Waals surface area contributed by atoms with Crippen molar-refractivity contribution in [1.29, 1.82) is 0 Å². The Morgan fingerprint density at radius 1 is 1.71 bits per heavy atom. The van der Waals surface area contributed by atoms with Gasteiger partial charge in [-0.25, -0.2) is 4.79 Å². The van der Waals surface area contributed by atoms with E-state index in [0.717, 1.165) is 11.3 Å². The number of nitrogens with zero attached hydrogens (tertiary/aromatic N) is 1. The number of rotatable bonds is 1. The van der Waals surface area contributed by atoms with Crippen molar-refractivity contribution in [2.24, 2.45) is 12.8 Å². The molecular weight excluding hydrogens is 180 g/mol. The highest BCUT2D eigenvalue weighted by molar-refractivity contribution is 5.87. The molecule has 0 fully saturated rings. The van der Waals surface area contributed by atoms with Crippen molar-refractivity contribution in [2.75, 3.05) is 0 Å². The molecular formula is C10H12N2O2. The monoisotopic (exact) mass is 192 g/mol. The van der Waals surface area contributed by atoms with Gasteiger partial charge in [-0.3, -0.25) is 0 Å². The number of carboxylic acids is 1. The third-order valence-electron chi connectivity index (χ3n) is 2.56. The van der Waals surface area contributed by atoms with Gasteiger partial charge < -0.3 is 15.4 Å². The van der Waals surface area contributed by atoms with E-state index in [4.69, 9.17) is 10.8 Å². The lowest BCUT2D eigenvalue weighted by atomic mass is 10.0. The Bertz CT molecular complexity index is 418. The molecule has 0 spiro atoms. The Labute approximate surface area is 81.6 Å². The lowest BCUT2D eigenvalue weighted by Gasteiger charge is -2.14. The van der Waals surface area contributed by atoms with Crippen molar-refractivity contribution < 1.29 is 9.90 Å². The van der Waals surface area contributed by atoms with E-state index in [1.165, 1.54) is 0 Å². The molecule has 0 aliphatic heterocycles. The van der Waals surface area contributed by atoms with Gasteiger partial charge in [0.05, 0.1) is 0 Å². The first-order valence-electron chi connectivity index (χ1n) is 4.45. The van der Waals surface area contributed by atoms with E-state index in [0.29, 0.717) is 12.1 Å². The summed E-state index contributed by atoms with van der Waals surface area (Å²) in [5.41, 5.74) is 8.03. The van der Waals surface area contributed by atoms with Crippen LogP contribution in [0.15, 0.2) is 12.1 Å². The van der Waals surface area contributed by atoms with E-state index in [1.807, 2.05) is 12.2 Å². The molecule has 1 aliphatic carbocycles. The maximum Gasteiger partial charge on any atom is 0.352 e. The lowest BCUT2D eigenvalue weighted by Crippen LogP contribution is -2.24. The first-order chi connectivity index (χ1) is 6.59. The van der Waals surface area contributed by atoms with Crippen molar-refractivity contribution in [3.63, 3.8) is 0 Å². The summed E-state index contributed by atoms with van der Waals surface area (Å²) < 4.78 is 1.70. The fourth-order valence-electron chi connectivity index (χ4n) is 1.79. The quantitative estimate of drug-likeness (QED) is 0.685. The molecule has 1 aliphatic rings. The predicted molar refractivity (Wildman–Crippen MR) is 53.1 cm³/mol. The van der Waals surface area contributed by atoms with Crippen LogP contribution in [0.25, 0.3) is 6.08 Å². The van der Waals surface area contributed by atoms with Crippen molar-refractivity contribution >= 4 is 12.0 Å². The molecule has 1 heterocycles.